The van der Waals surface area contributed by atoms with Crippen molar-refractivity contribution in [1.29, 1.82) is 0 Å². The zero-order valence-electron chi connectivity index (χ0n) is 12.1. The van der Waals surface area contributed by atoms with E-state index in [-0.39, 0.29) is 5.92 Å². The number of nitrogens with one attached hydrogen (secondary N) is 1. The van der Waals surface area contributed by atoms with Crippen LogP contribution in [0, 0.1) is 11.8 Å². The highest BCUT2D eigenvalue weighted by molar-refractivity contribution is 6.27. The van der Waals surface area contributed by atoms with Crippen molar-refractivity contribution in [3.05, 3.63) is 18.3 Å². The number of imide groups is 2. The molecule has 0 saturated carbocycles. The molecule has 0 aliphatic carbocycles. The zero-order chi connectivity index (χ0) is 15.6. The van der Waals surface area contributed by atoms with Crippen molar-refractivity contribution in [1.82, 2.24) is 10.3 Å². The summed E-state index contributed by atoms with van der Waals surface area (Å²) in [5, 5.41) is 2.20. The molecule has 1 unspecified atom stereocenters. The van der Waals surface area contributed by atoms with Gasteiger partial charge in [0.2, 0.25) is 17.7 Å². The monoisotopic (exact) mass is 291 g/mol. The Morgan fingerprint density at radius 2 is 2.05 bits per heavy atom. The van der Waals surface area contributed by atoms with Crippen LogP contribution in [0.15, 0.2) is 18.3 Å². The number of pyridine rings is 1. The number of hydrogen-bond acceptors (Lipinski definition) is 5. The van der Waals surface area contributed by atoms with Crippen molar-refractivity contribution >= 4 is 23.5 Å². The van der Waals surface area contributed by atoms with Crippen LogP contribution < -0.4 is 15.0 Å². The molecule has 1 aromatic heterocycles. The number of hydrogen-bond donors (Lipinski definition) is 1. The molecule has 0 radical (unpaired) electrons. The molecular formula is C14H17N3O4. The fourth-order valence-corrected chi connectivity index (χ4v) is 2.16. The molecular weight excluding hydrogens is 274 g/mol. The Balaban J connectivity index is 2.30. The van der Waals surface area contributed by atoms with Crippen LogP contribution in [0.25, 0.3) is 0 Å². The summed E-state index contributed by atoms with van der Waals surface area (Å²) in [5.41, 5.74) is 0.305. The van der Waals surface area contributed by atoms with Gasteiger partial charge in [-0.25, -0.2) is 14.7 Å². The SMILES string of the molecule is CCOc1ccc(N2C(=O)NC(=O)C(C(C)C)C2=O)cn1. The number of aromatic nitrogens is 1. The minimum absolute atomic E-state index is 0.205. The predicted octanol–water partition coefficient (Wildman–Crippen LogP) is 1.34. The van der Waals surface area contributed by atoms with Gasteiger partial charge >= 0.3 is 6.03 Å². The standard InChI is InChI=1S/C14H17N3O4/c1-4-21-10-6-5-9(7-15-10)17-13(19)11(8(2)3)12(18)16-14(17)20/h5-8,11H,4H2,1-3H3,(H,16,18,20). The topological polar surface area (TPSA) is 88.6 Å². The summed E-state index contributed by atoms with van der Waals surface area (Å²) in [6.07, 6.45) is 1.37. The minimum atomic E-state index is -0.880. The third kappa shape index (κ3) is 2.86. The fraction of sp³-hybridized carbons (Fsp3) is 0.429. The van der Waals surface area contributed by atoms with Crippen molar-refractivity contribution in [2.24, 2.45) is 11.8 Å². The van der Waals surface area contributed by atoms with Gasteiger partial charge in [-0.15, -0.1) is 0 Å². The molecule has 7 nitrogen and oxygen atoms in total. The first-order valence-corrected chi connectivity index (χ1v) is 6.73. The maximum atomic E-state index is 12.4. The van der Waals surface area contributed by atoms with Crippen LogP contribution in [-0.4, -0.2) is 29.4 Å². The Morgan fingerprint density at radius 1 is 1.33 bits per heavy atom. The third-order valence-electron chi connectivity index (χ3n) is 3.14. The summed E-state index contributed by atoms with van der Waals surface area (Å²) in [7, 11) is 0. The summed E-state index contributed by atoms with van der Waals surface area (Å²) in [6.45, 7) is 5.81. The molecule has 1 aliphatic rings. The van der Waals surface area contributed by atoms with Gasteiger partial charge < -0.3 is 4.74 Å². The average molecular weight is 291 g/mol. The van der Waals surface area contributed by atoms with Crippen LogP contribution in [0.5, 0.6) is 5.88 Å². The molecule has 21 heavy (non-hydrogen) atoms. The smallest absolute Gasteiger partial charge is 0.335 e. The van der Waals surface area contributed by atoms with Gasteiger partial charge in [-0.2, -0.15) is 0 Å². The molecule has 2 heterocycles. The van der Waals surface area contributed by atoms with Gasteiger partial charge in [0.1, 0.15) is 5.92 Å². The van der Waals surface area contributed by atoms with Gasteiger partial charge in [-0.05, 0) is 18.9 Å². The molecule has 1 N–H and O–H groups in total. The van der Waals surface area contributed by atoms with Gasteiger partial charge in [-0.1, -0.05) is 13.8 Å². The van der Waals surface area contributed by atoms with E-state index in [1.807, 2.05) is 6.92 Å². The van der Waals surface area contributed by atoms with E-state index in [0.717, 1.165) is 4.90 Å². The first-order chi connectivity index (χ1) is 9.95. The van der Waals surface area contributed by atoms with Crippen molar-refractivity contribution < 1.29 is 19.1 Å². The summed E-state index contributed by atoms with van der Waals surface area (Å²) in [4.78, 5) is 41.0. The molecule has 1 fully saturated rings. The Hall–Kier alpha value is -2.44. The van der Waals surface area contributed by atoms with Gasteiger partial charge in [0.15, 0.2) is 0 Å². The quantitative estimate of drug-likeness (QED) is 0.845. The lowest BCUT2D eigenvalue weighted by Gasteiger charge is -2.31. The number of carbonyl (C=O) groups excluding carboxylic acids is 3. The van der Waals surface area contributed by atoms with Gasteiger partial charge in [0.25, 0.3) is 0 Å². The predicted molar refractivity (Wildman–Crippen MR) is 74.8 cm³/mol. The summed E-state index contributed by atoms with van der Waals surface area (Å²) < 4.78 is 5.21. The number of rotatable bonds is 4. The highest BCUT2D eigenvalue weighted by atomic mass is 16.5. The van der Waals surface area contributed by atoms with Crippen LogP contribution >= 0.6 is 0 Å². The van der Waals surface area contributed by atoms with E-state index in [4.69, 9.17) is 4.74 Å². The summed E-state index contributed by atoms with van der Waals surface area (Å²) >= 11 is 0. The number of carbonyl (C=O) groups is 3. The number of nitrogens with zero attached hydrogens (tertiary/aromatic N) is 2. The van der Waals surface area contributed by atoms with E-state index in [9.17, 15) is 14.4 Å². The molecule has 1 atom stereocenters. The molecule has 7 heteroatoms. The second-order valence-corrected chi connectivity index (χ2v) is 4.98. The van der Waals surface area contributed by atoms with Crippen molar-refractivity contribution in [3.8, 4) is 5.88 Å². The van der Waals surface area contributed by atoms with Gasteiger partial charge in [0, 0.05) is 6.07 Å². The van der Waals surface area contributed by atoms with E-state index in [1.54, 1.807) is 26.0 Å². The van der Waals surface area contributed by atoms with Crippen LogP contribution in [0.2, 0.25) is 0 Å². The van der Waals surface area contributed by atoms with E-state index in [1.165, 1.54) is 6.20 Å². The Morgan fingerprint density at radius 3 is 2.57 bits per heavy atom. The second kappa shape index (κ2) is 5.90. The lowest BCUT2D eigenvalue weighted by molar-refractivity contribution is -0.136. The zero-order valence-corrected chi connectivity index (χ0v) is 12.1. The lowest BCUT2D eigenvalue weighted by atomic mass is 9.92. The number of anilines is 1. The van der Waals surface area contributed by atoms with Gasteiger partial charge in [0.05, 0.1) is 18.5 Å². The van der Waals surface area contributed by atoms with E-state index >= 15 is 0 Å². The van der Waals surface area contributed by atoms with Crippen molar-refractivity contribution in [2.75, 3.05) is 11.5 Å². The van der Waals surface area contributed by atoms with Gasteiger partial charge in [-0.3, -0.25) is 14.9 Å². The first kappa shape index (κ1) is 15.0. The Labute approximate surface area is 122 Å². The highest BCUT2D eigenvalue weighted by Gasteiger charge is 2.42. The molecule has 4 amide bonds. The largest absolute Gasteiger partial charge is 0.478 e. The third-order valence-corrected chi connectivity index (χ3v) is 3.14. The summed E-state index contributed by atoms with van der Waals surface area (Å²) in [5.74, 6) is -1.78. The molecule has 1 aromatic rings. The summed E-state index contributed by atoms with van der Waals surface area (Å²) in [6, 6.07) is 2.37. The molecule has 112 valence electrons. The van der Waals surface area contributed by atoms with E-state index in [0.29, 0.717) is 18.2 Å². The molecule has 2 rings (SSSR count). The van der Waals surface area contributed by atoms with Crippen LogP contribution in [0.4, 0.5) is 10.5 Å². The van der Waals surface area contributed by atoms with E-state index in [2.05, 4.69) is 10.3 Å². The van der Waals surface area contributed by atoms with Crippen LogP contribution in [0.1, 0.15) is 20.8 Å². The van der Waals surface area contributed by atoms with Crippen LogP contribution in [0.3, 0.4) is 0 Å². The molecule has 0 bridgehead atoms. The molecule has 1 saturated heterocycles. The molecule has 0 aromatic carbocycles. The Kier molecular flexibility index (Phi) is 4.21. The lowest BCUT2D eigenvalue weighted by Crippen LogP contribution is -2.59. The number of barbiturate groups is 1. The average Bonchev–Trinajstić information content (AvgIpc) is 2.40. The fourth-order valence-electron chi connectivity index (χ4n) is 2.16. The van der Waals surface area contributed by atoms with Crippen molar-refractivity contribution in [2.45, 2.75) is 20.8 Å². The Bertz CT molecular complexity index is 568. The van der Waals surface area contributed by atoms with Crippen LogP contribution in [-0.2, 0) is 9.59 Å². The maximum Gasteiger partial charge on any atom is 0.335 e. The van der Waals surface area contributed by atoms with E-state index < -0.39 is 23.8 Å². The molecule has 1 aliphatic heterocycles. The second-order valence-electron chi connectivity index (χ2n) is 4.98. The minimum Gasteiger partial charge on any atom is -0.478 e. The normalized spacial score (nSPS) is 19.0. The maximum absolute atomic E-state index is 12.4. The number of urea groups is 1. The van der Waals surface area contributed by atoms with Crippen molar-refractivity contribution in [3.63, 3.8) is 0 Å². The highest BCUT2D eigenvalue weighted by Crippen LogP contribution is 2.25. The molecule has 0 spiro atoms. The first-order valence-electron chi connectivity index (χ1n) is 6.73. The number of ether oxygens (including phenoxy) is 1. The number of amides is 4.